The quantitative estimate of drug-likeness (QED) is 0.0194. The summed E-state index contributed by atoms with van der Waals surface area (Å²) in [5, 5.41) is 50.2. The van der Waals surface area contributed by atoms with Crippen LogP contribution in [0.3, 0.4) is 0 Å². The molecule has 352 valence electrons. The number of phosphoric ester groups is 1. The van der Waals surface area contributed by atoms with Crippen molar-refractivity contribution in [1.82, 2.24) is 0 Å². The zero-order chi connectivity index (χ0) is 43.4. The van der Waals surface area contributed by atoms with Gasteiger partial charge in [-0.25, -0.2) is 4.57 Å². The van der Waals surface area contributed by atoms with Crippen LogP contribution >= 0.6 is 7.82 Å². The summed E-state index contributed by atoms with van der Waals surface area (Å²) < 4.78 is 34.2. The van der Waals surface area contributed by atoms with Crippen molar-refractivity contribution in [3.63, 3.8) is 0 Å². The Morgan fingerprint density at radius 1 is 0.475 bits per heavy atom. The molecule has 0 aliphatic heterocycles. The minimum absolute atomic E-state index is 0.0680. The first-order valence-corrected chi connectivity index (χ1v) is 25.9. The third-order valence-electron chi connectivity index (χ3n) is 11.7. The molecule has 59 heavy (non-hydrogen) atoms. The van der Waals surface area contributed by atoms with Gasteiger partial charge in [-0.2, -0.15) is 0 Å². The molecule has 12 nitrogen and oxygen atoms in total. The van der Waals surface area contributed by atoms with Crippen LogP contribution in [0, 0.1) is 0 Å². The number of unbranched alkanes of at least 4 members (excludes halogenated alkanes) is 30. The molecule has 6 unspecified atom stereocenters. The van der Waals surface area contributed by atoms with Gasteiger partial charge >= 0.3 is 13.8 Å². The smallest absolute Gasteiger partial charge is 0.457 e. The average molecular weight is 867 g/mol. The third kappa shape index (κ3) is 30.1. The molecule has 13 heteroatoms. The Bertz CT molecular complexity index is 989. The largest absolute Gasteiger partial charge is 0.472 e. The molecule has 1 aliphatic rings. The van der Waals surface area contributed by atoms with Gasteiger partial charge in [0.25, 0.3) is 0 Å². The van der Waals surface area contributed by atoms with E-state index in [9.17, 15) is 39.8 Å². The molecule has 0 saturated heterocycles. The van der Waals surface area contributed by atoms with Gasteiger partial charge in [-0.1, -0.05) is 206 Å². The monoisotopic (exact) mass is 867 g/mol. The van der Waals surface area contributed by atoms with Crippen molar-refractivity contribution in [2.45, 2.75) is 268 Å². The summed E-state index contributed by atoms with van der Waals surface area (Å²) in [6.07, 6.45) is 27.5. The van der Waals surface area contributed by atoms with Crippen LogP contribution < -0.4 is 0 Å². The van der Waals surface area contributed by atoms with E-state index in [-0.39, 0.29) is 13.0 Å². The van der Waals surface area contributed by atoms with E-state index in [1.54, 1.807) is 0 Å². The normalized spacial score (nSPS) is 22.4. The summed E-state index contributed by atoms with van der Waals surface area (Å²) in [4.78, 5) is 23.1. The Hall–Kier alpha value is -0.660. The molecule has 1 aliphatic carbocycles. The maximum atomic E-state index is 12.8. The molecular weight excluding hydrogens is 775 g/mol. The lowest BCUT2D eigenvalue weighted by atomic mass is 9.85. The maximum absolute atomic E-state index is 12.8. The van der Waals surface area contributed by atoms with Crippen LogP contribution in [0.4, 0.5) is 0 Å². The van der Waals surface area contributed by atoms with E-state index in [0.29, 0.717) is 13.0 Å². The first-order valence-electron chi connectivity index (χ1n) is 24.4. The predicted molar refractivity (Wildman–Crippen MR) is 235 cm³/mol. The average Bonchev–Trinajstić information content (AvgIpc) is 3.22. The Morgan fingerprint density at radius 2 is 0.797 bits per heavy atom. The van der Waals surface area contributed by atoms with Gasteiger partial charge in [0.2, 0.25) is 0 Å². The summed E-state index contributed by atoms with van der Waals surface area (Å²) in [5.41, 5.74) is 0. The van der Waals surface area contributed by atoms with Crippen molar-refractivity contribution in [3.05, 3.63) is 0 Å². The Labute approximate surface area is 359 Å². The number of aliphatic hydroxyl groups is 5. The van der Waals surface area contributed by atoms with Gasteiger partial charge in [0.15, 0.2) is 0 Å². The number of aliphatic hydroxyl groups excluding tert-OH is 5. The molecule has 0 heterocycles. The molecular formula is C46H91O12P. The van der Waals surface area contributed by atoms with E-state index in [1.165, 1.54) is 161 Å². The first-order chi connectivity index (χ1) is 28.5. The van der Waals surface area contributed by atoms with E-state index >= 15 is 0 Å². The first kappa shape index (κ1) is 56.4. The molecule has 1 fully saturated rings. The summed E-state index contributed by atoms with van der Waals surface area (Å²) in [6.45, 7) is 4.29. The second kappa shape index (κ2) is 37.9. The SMILES string of the molecule is CCCCCCCCCCCCCCCCCCCCCCCOCC(COP(=O)(O)OC1C(O)C(O)C(O)C(O)C1O)OC(=O)CCCCCCCCCCCCC. The Balaban J connectivity index is 2.30. The summed E-state index contributed by atoms with van der Waals surface area (Å²) in [7, 11) is -5.01. The second-order valence-electron chi connectivity index (χ2n) is 17.3. The van der Waals surface area contributed by atoms with Gasteiger partial charge in [-0.05, 0) is 12.8 Å². The van der Waals surface area contributed by atoms with Crippen molar-refractivity contribution >= 4 is 13.8 Å². The third-order valence-corrected chi connectivity index (χ3v) is 12.7. The molecule has 0 radical (unpaired) electrons. The highest BCUT2D eigenvalue weighted by Gasteiger charge is 2.51. The number of esters is 1. The topological polar surface area (TPSA) is 192 Å². The van der Waals surface area contributed by atoms with Crippen molar-refractivity contribution in [1.29, 1.82) is 0 Å². The van der Waals surface area contributed by atoms with Crippen molar-refractivity contribution in [3.8, 4) is 0 Å². The lowest BCUT2D eigenvalue weighted by molar-refractivity contribution is -0.220. The molecule has 6 N–H and O–H groups in total. The van der Waals surface area contributed by atoms with Gasteiger partial charge in [0, 0.05) is 13.0 Å². The van der Waals surface area contributed by atoms with E-state index in [1.807, 2.05) is 0 Å². The van der Waals surface area contributed by atoms with Crippen LogP contribution in [0.15, 0.2) is 0 Å². The maximum Gasteiger partial charge on any atom is 0.472 e. The van der Waals surface area contributed by atoms with Crippen molar-refractivity contribution < 1.29 is 58.3 Å². The fraction of sp³-hybridized carbons (Fsp3) is 0.978. The van der Waals surface area contributed by atoms with Gasteiger partial charge in [0.1, 0.15) is 42.7 Å². The minimum Gasteiger partial charge on any atom is -0.457 e. The zero-order valence-corrected chi connectivity index (χ0v) is 38.5. The highest BCUT2D eigenvalue weighted by atomic mass is 31.2. The van der Waals surface area contributed by atoms with Gasteiger partial charge < -0.3 is 39.9 Å². The van der Waals surface area contributed by atoms with Gasteiger partial charge in [-0.15, -0.1) is 0 Å². The summed E-state index contributed by atoms with van der Waals surface area (Å²) >= 11 is 0. The number of rotatable bonds is 42. The molecule has 0 amide bonds. The molecule has 0 aromatic carbocycles. The van der Waals surface area contributed by atoms with Gasteiger partial charge in [-0.3, -0.25) is 13.8 Å². The predicted octanol–water partition coefficient (Wildman–Crippen LogP) is 10.1. The Kier molecular flexibility index (Phi) is 36.2. The number of carbonyl (C=O) groups is 1. The van der Waals surface area contributed by atoms with Gasteiger partial charge in [0.05, 0.1) is 13.2 Å². The molecule has 1 rings (SSSR count). The van der Waals surface area contributed by atoms with Crippen LogP contribution in [-0.2, 0) is 27.9 Å². The fourth-order valence-corrected chi connectivity index (χ4v) is 8.80. The minimum atomic E-state index is -5.01. The Morgan fingerprint density at radius 3 is 1.17 bits per heavy atom. The number of hydrogen-bond acceptors (Lipinski definition) is 11. The standard InChI is InChI=1S/C46H91O12P/c1-3-5-7-9-11-13-15-16-17-18-19-20-21-22-23-24-26-28-30-32-34-36-55-37-39(57-40(47)35-33-31-29-27-25-14-12-10-8-6-4-2)38-56-59(53,54)58-46-44(51)42(49)41(48)43(50)45(46)52/h39,41-46,48-52H,3-38H2,1-2H3,(H,53,54). The van der Waals surface area contributed by atoms with Crippen molar-refractivity contribution in [2.75, 3.05) is 19.8 Å². The molecule has 0 spiro atoms. The second-order valence-corrected chi connectivity index (χ2v) is 18.7. The summed E-state index contributed by atoms with van der Waals surface area (Å²) in [6, 6.07) is 0. The molecule has 0 aromatic heterocycles. The molecule has 0 aromatic rings. The highest BCUT2D eigenvalue weighted by molar-refractivity contribution is 7.47. The number of phosphoric acid groups is 1. The lowest BCUT2D eigenvalue weighted by Gasteiger charge is -2.41. The number of ether oxygens (including phenoxy) is 2. The van der Waals surface area contributed by atoms with E-state index in [4.69, 9.17) is 18.5 Å². The van der Waals surface area contributed by atoms with Crippen LogP contribution in [0.2, 0.25) is 0 Å². The lowest BCUT2D eigenvalue weighted by Crippen LogP contribution is -2.64. The van der Waals surface area contributed by atoms with Crippen LogP contribution in [-0.4, -0.2) is 98.9 Å². The highest BCUT2D eigenvalue weighted by Crippen LogP contribution is 2.47. The van der Waals surface area contributed by atoms with E-state index in [0.717, 1.165) is 38.5 Å². The fourth-order valence-electron chi connectivity index (χ4n) is 7.83. The van der Waals surface area contributed by atoms with Crippen LogP contribution in [0.1, 0.15) is 226 Å². The number of hydrogen-bond donors (Lipinski definition) is 6. The van der Waals surface area contributed by atoms with E-state index in [2.05, 4.69) is 13.8 Å². The van der Waals surface area contributed by atoms with E-state index < -0.39 is 63.1 Å². The molecule has 6 atom stereocenters. The zero-order valence-electron chi connectivity index (χ0n) is 37.6. The number of carbonyl (C=O) groups excluding carboxylic acids is 1. The van der Waals surface area contributed by atoms with Crippen LogP contribution in [0.5, 0.6) is 0 Å². The summed E-state index contributed by atoms with van der Waals surface area (Å²) in [5.74, 6) is -0.473. The van der Waals surface area contributed by atoms with Crippen molar-refractivity contribution in [2.24, 2.45) is 0 Å². The molecule has 0 bridgehead atoms. The molecule has 1 saturated carbocycles. The van der Waals surface area contributed by atoms with Crippen LogP contribution in [0.25, 0.3) is 0 Å².